The summed E-state index contributed by atoms with van der Waals surface area (Å²) < 4.78 is 32.6. The third-order valence-electron chi connectivity index (χ3n) is 2.86. The van der Waals surface area contributed by atoms with Crippen LogP contribution in [0.25, 0.3) is 0 Å². The van der Waals surface area contributed by atoms with Crippen molar-refractivity contribution in [2.24, 2.45) is 0 Å². The van der Waals surface area contributed by atoms with Gasteiger partial charge in [-0.3, -0.25) is 0 Å². The van der Waals surface area contributed by atoms with Gasteiger partial charge >= 0.3 is 0 Å². The van der Waals surface area contributed by atoms with Crippen LogP contribution in [0.2, 0.25) is 0 Å². The van der Waals surface area contributed by atoms with Crippen LogP contribution in [0.3, 0.4) is 0 Å². The minimum atomic E-state index is -0.863. The minimum absolute atomic E-state index is 0.0795. The molecular weight excluding hydrogens is 306 g/mol. The molecule has 0 saturated carbocycles. The van der Waals surface area contributed by atoms with Crippen molar-refractivity contribution in [1.29, 1.82) is 0 Å². The van der Waals surface area contributed by atoms with Crippen LogP contribution in [0.4, 0.5) is 8.78 Å². The molecule has 0 spiro atoms. The molecule has 0 bridgehead atoms. The van der Waals surface area contributed by atoms with Gasteiger partial charge in [-0.05, 0) is 41.9 Å². The van der Waals surface area contributed by atoms with Gasteiger partial charge in [0.2, 0.25) is 0 Å². The van der Waals surface area contributed by atoms with Gasteiger partial charge < -0.3 is 9.84 Å². The number of aliphatic hydroxyl groups is 1. The van der Waals surface area contributed by atoms with Gasteiger partial charge in [0.05, 0.1) is 16.2 Å². The number of rotatable bonds is 5. The summed E-state index contributed by atoms with van der Waals surface area (Å²) in [6, 6.07) is 2.48. The van der Waals surface area contributed by atoms with E-state index in [1.165, 1.54) is 19.2 Å². The Labute approximate surface area is 114 Å². The molecule has 0 radical (unpaired) electrons. The molecule has 0 aromatic heterocycles. The second-order valence-corrected chi connectivity index (χ2v) is 5.70. The highest BCUT2D eigenvalue weighted by Crippen LogP contribution is 2.25. The Morgan fingerprint density at radius 1 is 1.39 bits per heavy atom. The maximum atomic E-state index is 13.7. The molecule has 5 heteroatoms. The predicted octanol–water partition coefficient (Wildman–Crippen LogP) is 3.45. The molecule has 0 fully saturated rings. The lowest BCUT2D eigenvalue weighted by atomic mass is 9.96. The zero-order valence-corrected chi connectivity index (χ0v) is 12.2. The molecule has 1 N–H and O–H groups in total. The summed E-state index contributed by atoms with van der Waals surface area (Å²) >= 11 is 3.00. The molecule has 102 valence electrons. The van der Waals surface area contributed by atoms with Crippen LogP contribution in [0.5, 0.6) is 0 Å². The molecule has 0 saturated heterocycles. The first-order chi connectivity index (χ1) is 8.26. The van der Waals surface area contributed by atoms with E-state index in [2.05, 4.69) is 15.9 Å². The Morgan fingerprint density at radius 3 is 2.56 bits per heavy atom. The number of halogens is 3. The van der Waals surface area contributed by atoms with Crippen molar-refractivity contribution in [1.82, 2.24) is 0 Å². The zero-order chi connectivity index (χ0) is 13.9. The molecule has 0 aliphatic heterocycles. The monoisotopic (exact) mass is 322 g/mol. The lowest BCUT2D eigenvalue weighted by Crippen LogP contribution is -2.30. The number of benzene rings is 1. The molecule has 1 aromatic carbocycles. The molecule has 2 nitrogen and oxygen atoms in total. The van der Waals surface area contributed by atoms with Crippen molar-refractivity contribution < 1.29 is 18.6 Å². The van der Waals surface area contributed by atoms with Crippen LogP contribution in [-0.4, -0.2) is 23.9 Å². The molecule has 0 aliphatic rings. The Balaban J connectivity index is 2.82. The second kappa shape index (κ2) is 6.08. The zero-order valence-electron chi connectivity index (χ0n) is 10.6. The molecule has 0 aliphatic carbocycles. The van der Waals surface area contributed by atoms with Crippen molar-refractivity contribution in [2.45, 2.75) is 38.4 Å². The van der Waals surface area contributed by atoms with Crippen molar-refractivity contribution in [2.75, 3.05) is 7.11 Å². The van der Waals surface area contributed by atoms with Gasteiger partial charge in [0.15, 0.2) is 0 Å². The predicted molar refractivity (Wildman–Crippen MR) is 69.5 cm³/mol. The smallest absolute Gasteiger partial charge is 0.143 e. The third-order valence-corrected chi connectivity index (χ3v) is 3.47. The van der Waals surface area contributed by atoms with Gasteiger partial charge in [-0.1, -0.05) is 0 Å². The number of aliphatic hydroxyl groups excluding tert-OH is 1. The molecule has 1 atom stereocenters. The topological polar surface area (TPSA) is 29.5 Å². The maximum absolute atomic E-state index is 13.7. The number of methoxy groups -OCH3 is 1. The van der Waals surface area contributed by atoms with E-state index in [-0.39, 0.29) is 16.5 Å². The Bertz CT molecular complexity index is 422. The Morgan fingerprint density at radius 2 is 2.00 bits per heavy atom. The number of hydrogen-bond donors (Lipinski definition) is 1. The van der Waals surface area contributed by atoms with Crippen molar-refractivity contribution in [3.8, 4) is 0 Å². The molecule has 1 unspecified atom stereocenters. The molecular formula is C13H17BrF2O2. The normalized spacial score (nSPS) is 13.7. The summed E-state index contributed by atoms with van der Waals surface area (Å²) in [7, 11) is 1.53. The molecule has 0 heterocycles. The summed E-state index contributed by atoms with van der Waals surface area (Å²) in [6.07, 6.45) is -0.642. The van der Waals surface area contributed by atoms with E-state index in [4.69, 9.17) is 4.74 Å². The average molecular weight is 323 g/mol. The fourth-order valence-corrected chi connectivity index (χ4v) is 2.09. The van der Waals surface area contributed by atoms with E-state index in [1.807, 2.05) is 13.8 Å². The van der Waals surface area contributed by atoms with Gasteiger partial charge in [-0.25, -0.2) is 8.78 Å². The summed E-state index contributed by atoms with van der Waals surface area (Å²) in [4.78, 5) is 0. The fourth-order valence-electron chi connectivity index (χ4n) is 1.71. The maximum Gasteiger partial charge on any atom is 0.143 e. The molecule has 1 aromatic rings. The first-order valence-electron chi connectivity index (χ1n) is 5.62. The van der Waals surface area contributed by atoms with Gasteiger partial charge in [0.25, 0.3) is 0 Å². The summed E-state index contributed by atoms with van der Waals surface area (Å²) in [5.41, 5.74) is -0.637. The Kier molecular flexibility index (Phi) is 5.25. The van der Waals surface area contributed by atoms with Crippen LogP contribution in [-0.2, 0) is 11.2 Å². The van der Waals surface area contributed by atoms with Crippen LogP contribution < -0.4 is 0 Å². The first kappa shape index (κ1) is 15.5. The van der Waals surface area contributed by atoms with Crippen molar-refractivity contribution in [3.63, 3.8) is 0 Å². The van der Waals surface area contributed by atoms with E-state index in [1.54, 1.807) is 0 Å². The molecule has 1 rings (SSSR count). The molecule has 0 amide bonds. The highest BCUT2D eigenvalue weighted by molar-refractivity contribution is 9.10. The van der Waals surface area contributed by atoms with Gasteiger partial charge in [0, 0.05) is 25.5 Å². The van der Waals surface area contributed by atoms with E-state index in [0.29, 0.717) is 6.42 Å². The van der Waals surface area contributed by atoms with E-state index >= 15 is 0 Å². The largest absolute Gasteiger partial charge is 0.393 e. The first-order valence-corrected chi connectivity index (χ1v) is 6.41. The van der Waals surface area contributed by atoms with Crippen LogP contribution >= 0.6 is 15.9 Å². The third kappa shape index (κ3) is 4.00. The van der Waals surface area contributed by atoms with Crippen molar-refractivity contribution >= 4 is 15.9 Å². The summed E-state index contributed by atoms with van der Waals surface area (Å²) in [5, 5.41) is 9.88. The molecule has 18 heavy (non-hydrogen) atoms. The van der Waals surface area contributed by atoms with Crippen molar-refractivity contribution in [3.05, 3.63) is 33.8 Å². The highest BCUT2D eigenvalue weighted by atomic mass is 79.9. The summed E-state index contributed by atoms with van der Waals surface area (Å²) in [6.45, 7) is 3.62. The number of hydrogen-bond acceptors (Lipinski definition) is 2. The standard InChI is InChI=1S/C13H17BrF2O2/c1-13(2,18-3)7-8(17)6-9-11(15)5-4-10(14)12(9)16/h4-5,8,17H,6-7H2,1-3H3. The summed E-state index contributed by atoms with van der Waals surface area (Å²) in [5.74, 6) is -1.31. The quantitative estimate of drug-likeness (QED) is 0.841. The van der Waals surface area contributed by atoms with E-state index in [0.717, 1.165) is 0 Å². The fraction of sp³-hybridized carbons (Fsp3) is 0.538. The second-order valence-electron chi connectivity index (χ2n) is 4.85. The van der Waals surface area contributed by atoms with Crippen LogP contribution in [0.1, 0.15) is 25.8 Å². The van der Waals surface area contributed by atoms with E-state index < -0.39 is 23.3 Å². The minimum Gasteiger partial charge on any atom is -0.393 e. The Hall–Kier alpha value is -0.520. The number of ether oxygens (including phenoxy) is 1. The van der Waals surface area contributed by atoms with E-state index in [9.17, 15) is 13.9 Å². The SMILES string of the molecule is COC(C)(C)CC(O)Cc1c(F)ccc(Br)c1F. The highest BCUT2D eigenvalue weighted by Gasteiger charge is 2.24. The van der Waals surface area contributed by atoms with Crippen LogP contribution in [0.15, 0.2) is 16.6 Å². The lowest BCUT2D eigenvalue weighted by Gasteiger charge is -2.26. The lowest BCUT2D eigenvalue weighted by molar-refractivity contribution is -0.0194. The van der Waals surface area contributed by atoms with Gasteiger partial charge in [0.1, 0.15) is 11.6 Å². The average Bonchev–Trinajstić information content (AvgIpc) is 2.29. The van der Waals surface area contributed by atoms with Crippen LogP contribution in [0, 0.1) is 11.6 Å². The van der Waals surface area contributed by atoms with Gasteiger partial charge in [-0.2, -0.15) is 0 Å². The van der Waals surface area contributed by atoms with Gasteiger partial charge in [-0.15, -0.1) is 0 Å².